The first kappa shape index (κ1) is 12.4. The Bertz CT molecular complexity index is 413. The maximum absolute atomic E-state index is 5.84. The minimum absolute atomic E-state index is 0.558. The third-order valence-corrected chi connectivity index (χ3v) is 5.51. The predicted molar refractivity (Wildman–Crippen MR) is 80.0 cm³/mol. The molecule has 1 heterocycles. The lowest BCUT2D eigenvalue weighted by molar-refractivity contribution is 0.508. The predicted octanol–water partition coefficient (Wildman–Crippen LogP) is 3.13. The first-order valence-electron chi connectivity index (χ1n) is 7.06. The molecule has 0 bridgehead atoms. The largest absolute Gasteiger partial charge is 0.399 e. The van der Waals surface area contributed by atoms with Crippen molar-refractivity contribution in [3.8, 4) is 0 Å². The van der Waals surface area contributed by atoms with E-state index in [0.29, 0.717) is 6.04 Å². The van der Waals surface area contributed by atoms with Gasteiger partial charge in [0.25, 0.3) is 0 Å². The molecule has 3 rings (SSSR count). The van der Waals surface area contributed by atoms with Crippen LogP contribution in [0.2, 0.25) is 0 Å². The molecule has 0 saturated carbocycles. The van der Waals surface area contributed by atoms with Crippen LogP contribution < -0.4 is 11.1 Å². The van der Waals surface area contributed by atoms with E-state index in [9.17, 15) is 0 Å². The van der Waals surface area contributed by atoms with Crippen molar-refractivity contribution in [2.45, 2.75) is 43.4 Å². The summed E-state index contributed by atoms with van der Waals surface area (Å²) in [5, 5.41) is 4.60. The van der Waals surface area contributed by atoms with Crippen LogP contribution in [-0.4, -0.2) is 17.5 Å². The molecular formula is C15H22N2S. The third-order valence-electron chi connectivity index (χ3n) is 4.11. The molecule has 1 aromatic rings. The summed E-state index contributed by atoms with van der Waals surface area (Å²) in [5.74, 6) is 1.35. The van der Waals surface area contributed by atoms with E-state index in [0.717, 1.165) is 10.9 Å². The lowest BCUT2D eigenvalue weighted by Crippen LogP contribution is -2.29. The Labute approximate surface area is 114 Å². The number of nitrogens with one attached hydrogen (secondary N) is 1. The van der Waals surface area contributed by atoms with Gasteiger partial charge in [-0.25, -0.2) is 0 Å². The van der Waals surface area contributed by atoms with Crippen LogP contribution in [0.1, 0.15) is 42.9 Å². The summed E-state index contributed by atoms with van der Waals surface area (Å²) in [4.78, 5) is 0. The van der Waals surface area contributed by atoms with Crippen molar-refractivity contribution in [3.63, 3.8) is 0 Å². The molecule has 2 aliphatic rings. The number of nitrogen functional groups attached to an aromatic ring is 1. The molecule has 1 aromatic carbocycles. The van der Waals surface area contributed by atoms with Crippen LogP contribution in [0.5, 0.6) is 0 Å². The van der Waals surface area contributed by atoms with E-state index in [2.05, 4.69) is 29.2 Å². The van der Waals surface area contributed by atoms with E-state index in [1.807, 2.05) is 6.07 Å². The van der Waals surface area contributed by atoms with E-state index >= 15 is 0 Å². The van der Waals surface area contributed by atoms with Crippen LogP contribution in [0.25, 0.3) is 0 Å². The Morgan fingerprint density at radius 3 is 3.06 bits per heavy atom. The van der Waals surface area contributed by atoms with Crippen molar-refractivity contribution in [2.24, 2.45) is 0 Å². The van der Waals surface area contributed by atoms with Gasteiger partial charge in [0.2, 0.25) is 0 Å². The van der Waals surface area contributed by atoms with Gasteiger partial charge in [0.1, 0.15) is 0 Å². The van der Waals surface area contributed by atoms with Crippen molar-refractivity contribution >= 4 is 17.4 Å². The van der Waals surface area contributed by atoms with Crippen molar-refractivity contribution < 1.29 is 0 Å². The molecule has 0 aromatic heterocycles. The highest BCUT2D eigenvalue weighted by Gasteiger charge is 2.23. The Balaban J connectivity index is 1.59. The normalized spacial score (nSPS) is 27.1. The highest BCUT2D eigenvalue weighted by atomic mass is 32.2. The number of nitrogens with two attached hydrogens (primary N) is 1. The SMILES string of the molecule is Nc1ccc2c(c1)CCC2NCC1CCCCS1. The van der Waals surface area contributed by atoms with Gasteiger partial charge >= 0.3 is 0 Å². The molecule has 0 amide bonds. The van der Waals surface area contributed by atoms with Gasteiger partial charge in [-0.1, -0.05) is 12.5 Å². The number of fused-ring (bicyclic) bond motifs is 1. The molecule has 1 aliphatic carbocycles. The van der Waals surface area contributed by atoms with E-state index in [1.165, 1.54) is 55.5 Å². The zero-order chi connectivity index (χ0) is 12.4. The third kappa shape index (κ3) is 2.67. The summed E-state index contributed by atoms with van der Waals surface area (Å²) in [5.41, 5.74) is 9.67. The van der Waals surface area contributed by atoms with Gasteiger partial charge in [-0.05, 0) is 54.7 Å². The lowest BCUT2D eigenvalue weighted by atomic mass is 10.1. The highest BCUT2D eigenvalue weighted by molar-refractivity contribution is 7.99. The lowest BCUT2D eigenvalue weighted by Gasteiger charge is -2.24. The zero-order valence-electron chi connectivity index (χ0n) is 10.8. The molecule has 3 N–H and O–H groups in total. The average Bonchev–Trinajstić information content (AvgIpc) is 2.80. The van der Waals surface area contributed by atoms with Gasteiger partial charge in [-0.3, -0.25) is 0 Å². The van der Waals surface area contributed by atoms with Crippen molar-refractivity contribution in [2.75, 3.05) is 18.0 Å². The number of aryl methyl sites for hydroxylation is 1. The standard InChI is InChI=1S/C15H22N2S/c16-12-5-6-14-11(9-12)4-7-15(14)17-10-13-3-1-2-8-18-13/h5-6,9,13,15,17H,1-4,7-8,10,16H2. The van der Waals surface area contributed by atoms with E-state index in [1.54, 1.807) is 0 Å². The van der Waals surface area contributed by atoms with E-state index in [-0.39, 0.29) is 0 Å². The van der Waals surface area contributed by atoms with Crippen molar-refractivity contribution in [1.29, 1.82) is 0 Å². The van der Waals surface area contributed by atoms with Gasteiger partial charge in [-0.15, -0.1) is 0 Å². The quantitative estimate of drug-likeness (QED) is 0.822. The van der Waals surface area contributed by atoms with Crippen LogP contribution in [0.3, 0.4) is 0 Å². The fraction of sp³-hybridized carbons (Fsp3) is 0.600. The Kier molecular flexibility index (Phi) is 3.80. The minimum Gasteiger partial charge on any atom is -0.399 e. The molecule has 2 unspecified atom stereocenters. The first-order valence-corrected chi connectivity index (χ1v) is 8.11. The van der Waals surface area contributed by atoms with Crippen molar-refractivity contribution in [3.05, 3.63) is 29.3 Å². The second kappa shape index (κ2) is 5.54. The molecule has 1 fully saturated rings. The van der Waals surface area contributed by atoms with Gasteiger partial charge in [0, 0.05) is 23.5 Å². The maximum Gasteiger partial charge on any atom is 0.0326 e. The number of anilines is 1. The van der Waals surface area contributed by atoms with Gasteiger partial charge in [0.05, 0.1) is 0 Å². The van der Waals surface area contributed by atoms with Gasteiger partial charge in [0.15, 0.2) is 0 Å². The number of benzene rings is 1. The van der Waals surface area contributed by atoms with E-state index in [4.69, 9.17) is 5.73 Å². The fourth-order valence-electron chi connectivity index (χ4n) is 3.09. The summed E-state index contributed by atoms with van der Waals surface area (Å²) < 4.78 is 0. The summed E-state index contributed by atoms with van der Waals surface area (Å²) in [6, 6.07) is 6.95. The smallest absolute Gasteiger partial charge is 0.0326 e. The minimum atomic E-state index is 0.558. The molecular weight excluding hydrogens is 240 g/mol. The summed E-state index contributed by atoms with van der Waals surface area (Å²) >= 11 is 2.15. The number of thioether (sulfide) groups is 1. The average molecular weight is 262 g/mol. The van der Waals surface area contributed by atoms with Crippen LogP contribution in [0.15, 0.2) is 18.2 Å². The summed E-state index contributed by atoms with van der Waals surface area (Å²) in [6.07, 6.45) is 6.62. The number of rotatable bonds is 3. The molecule has 98 valence electrons. The second-order valence-electron chi connectivity index (χ2n) is 5.45. The molecule has 0 radical (unpaired) electrons. The van der Waals surface area contributed by atoms with Crippen LogP contribution in [0, 0.1) is 0 Å². The van der Waals surface area contributed by atoms with Crippen molar-refractivity contribution in [1.82, 2.24) is 5.32 Å². The number of hydrogen-bond donors (Lipinski definition) is 2. The molecule has 0 spiro atoms. The van der Waals surface area contributed by atoms with E-state index < -0.39 is 0 Å². The Morgan fingerprint density at radius 2 is 2.22 bits per heavy atom. The summed E-state index contributed by atoms with van der Waals surface area (Å²) in [6.45, 7) is 1.17. The Morgan fingerprint density at radius 1 is 1.28 bits per heavy atom. The molecule has 2 atom stereocenters. The van der Waals surface area contributed by atoms with Crippen LogP contribution in [0.4, 0.5) is 5.69 Å². The zero-order valence-corrected chi connectivity index (χ0v) is 11.6. The van der Waals surface area contributed by atoms with Crippen LogP contribution >= 0.6 is 11.8 Å². The second-order valence-corrected chi connectivity index (χ2v) is 6.85. The monoisotopic (exact) mass is 262 g/mol. The first-order chi connectivity index (χ1) is 8.83. The topological polar surface area (TPSA) is 38.0 Å². The molecule has 1 aliphatic heterocycles. The molecule has 18 heavy (non-hydrogen) atoms. The fourth-order valence-corrected chi connectivity index (χ4v) is 4.34. The molecule has 2 nitrogen and oxygen atoms in total. The van der Waals surface area contributed by atoms with Gasteiger partial charge < -0.3 is 11.1 Å². The highest BCUT2D eigenvalue weighted by Crippen LogP contribution is 2.33. The number of hydrogen-bond acceptors (Lipinski definition) is 3. The molecule has 1 saturated heterocycles. The molecule has 3 heteroatoms. The Hall–Kier alpha value is -0.670. The summed E-state index contributed by atoms with van der Waals surface area (Å²) in [7, 11) is 0. The van der Waals surface area contributed by atoms with Crippen LogP contribution in [-0.2, 0) is 6.42 Å². The maximum atomic E-state index is 5.84. The van der Waals surface area contributed by atoms with Gasteiger partial charge in [-0.2, -0.15) is 11.8 Å².